The van der Waals surface area contributed by atoms with Crippen LogP contribution < -0.4 is 0 Å². The van der Waals surface area contributed by atoms with Crippen LogP contribution in [-0.2, 0) is 46.5 Å². The Bertz CT molecular complexity index is 1230. The maximum atomic E-state index is 12.7. The highest BCUT2D eigenvalue weighted by atomic mass is 31.2. The molecule has 3 unspecified atom stereocenters. The van der Waals surface area contributed by atoms with E-state index in [0.29, 0.717) is 25.0 Å². The van der Waals surface area contributed by atoms with E-state index in [1.165, 1.54) is 77.0 Å². The van der Waals surface area contributed by atoms with Gasteiger partial charge in [0, 0.05) is 12.8 Å². The second kappa shape index (κ2) is 37.0. The van der Waals surface area contributed by atoms with Crippen LogP contribution in [0.2, 0.25) is 0 Å². The summed E-state index contributed by atoms with van der Waals surface area (Å²) in [5.41, 5.74) is 0. The minimum atomic E-state index is -4.87. The average molecular weight is 897 g/mol. The number of hydrogen-bond acceptors (Lipinski definition) is 11. The Morgan fingerprint density at radius 1 is 0.567 bits per heavy atom. The van der Waals surface area contributed by atoms with Gasteiger partial charge in [0.1, 0.15) is 12.7 Å². The zero-order valence-corrected chi connectivity index (χ0v) is 38.8. The number of carbonyl (C=O) groups excluding carboxylic acids is 2. The van der Waals surface area contributed by atoms with Crippen molar-refractivity contribution in [1.29, 1.82) is 0 Å². The number of carbonyl (C=O) groups is 2. The van der Waals surface area contributed by atoms with Crippen LogP contribution in [0.5, 0.6) is 0 Å². The Hall–Kier alpha value is -1.44. The first-order valence-corrected chi connectivity index (χ1v) is 26.2. The fourth-order valence-electron chi connectivity index (χ4n) is 6.58. The van der Waals surface area contributed by atoms with Gasteiger partial charge in [-0.2, -0.15) is 0 Å². The molecule has 0 saturated carbocycles. The van der Waals surface area contributed by atoms with E-state index in [9.17, 15) is 28.7 Å². The first kappa shape index (κ1) is 56.6. The Balaban J connectivity index is 2.33. The molecule has 60 heavy (non-hydrogen) atoms. The van der Waals surface area contributed by atoms with Crippen molar-refractivity contribution in [1.82, 2.24) is 0 Å². The quantitative estimate of drug-likeness (QED) is 0.0148. The maximum absolute atomic E-state index is 12.7. The zero-order valence-electron chi connectivity index (χ0n) is 37.0. The van der Waals surface area contributed by atoms with E-state index in [4.69, 9.17) is 33.0 Å². The second-order valence-corrected chi connectivity index (χ2v) is 18.8. The lowest BCUT2D eigenvalue weighted by Gasteiger charge is -2.20. The van der Waals surface area contributed by atoms with Crippen molar-refractivity contribution in [3.8, 4) is 0 Å². The number of allylic oxidation sites excluding steroid dienone is 3. The van der Waals surface area contributed by atoms with Gasteiger partial charge in [0.2, 0.25) is 0 Å². The second-order valence-electron chi connectivity index (χ2n) is 16.1. The first-order valence-electron chi connectivity index (χ1n) is 23.2. The number of rotatable bonds is 43. The Labute approximate surface area is 361 Å². The maximum Gasteiger partial charge on any atom is 0.472 e. The third kappa shape index (κ3) is 37.1. The summed E-state index contributed by atoms with van der Waals surface area (Å²) < 4.78 is 53.6. The predicted molar refractivity (Wildman–Crippen MR) is 234 cm³/mol. The lowest BCUT2D eigenvalue weighted by molar-refractivity contribution is -0.161. The first-order chi connectivity index (χ1) is 28.8. The summed E-state index contributed by atoms with van der Waals surface area (Å²) in [7, 11) is -9.68. The van der Waals surface area contributed by atoms with Crippen molar-refractivity contribution >= 4 is 27.6 Å². The van der Waals surface area contributed by atoms with Crippen molar-refractivity contribution in [2.24, 2.45) is 0 Å². The van der Waals surface area contributed by atoms with Crippen molar-refractivity contribution in [2.45, 2.75) is 218 Å². The monoisotopic (exact) mass is 897 g/mol. The molecule has 0 bridgehead atoms. The molecular formula is C44H82O14P2. The van der Waals surface area contributed by atoms with E-state index < -0.39 is 66.2 Å². The van der Waals surface area contributed by atoms with Crippen molar-refractivity contribution in [3.63, 3.8) is 0 Å². The molecule has 352 valence electrons. The fourth-order valence-corrected chi connectivity index (χ4v) is 7.74. The third-order valence-electron chi connectivity index (χ3n) is 10.2. The van der Waals surface area contributed by atoms with Crippen LogP contribution in [0.3, 0.4) is 0 Å². The van der Waals surface area contributed by atoms with Gasteiger partial charge in [-0.05, 0) is 64.2 Å². The molecule has 0 aromatic heterocycles. The van der Waals surface area contributed by atoms with Crippen LogP contribution >= 0.6 is 15.6 Å². The van der Waals surface area contributed by atoms with Crippen LogP contribution in [0.25, 0.3) is 0 Å². The van der Waals surface area contributed by atoms with Gasteiger partial charge in [-0.15, -0.1) is 0 Å². The summed E-state index contributed by atoms with van der Waals surface area (Å²) in [5.74, 6) is -1.05. The minimum absolute atomic E-state index is 0.111. The molecule has 1 aliphatic rings. The molecule has 5 atom stereocenters. The number of epoxide rings is 1. The normalized spacial score (nSPS) is 17.6. The summed E-state index contributed by atoms with van der Waals surface area (Å²) in [5, 5.41) is 9.76. The molecule has 1 rings (SSSR count). The number of phosphoric ester groups is 2. The number of esters is 2. The molecule has 1 fully saturated rings. The molecule has 1 saturated heterocycles. The van der Waals surface area contributed by atoms with Gasteiger partial charge in [0.05, 0.1) is 32.0 Å². The van der Waals surface area contributed by atoms with E-state index in [2.05, 4.69) is 42.7 Å². The van der Waals surface area contributed by atoms with Crippen molar-refractivity contribution < 1.29 is 66.3 Å². The number of phosphoric acid groups is 2. The van der Waals surface area contributed by atoms with E-state index in [1.807, 2.05) is 0 Å². The van der Waals surface area contributed by atoms with Gasteiger partial charge in [0.15, 0.2) is 6.10 Å². The van der Waals surface area contributed by atoms with Crippen LogP contribution in [-0.4, -0.2) is 82.6 Å². The van der Waals surface area contributed by atoms with Crippen LogP contribution in [0.15, 0.2) is 24.3 Å². The van der Waals surface area contributed by atoms with Gasteiger partial charge in [-0.3, -0.25) is 23.2 Å². The molecule has 0 radical (unpaired) electrons. The van der Waals surface area contributed by atoms with Gasteiger partial charge < -0.3 is 34.0 Å². The predicted octanol–water partition coefficient (Wildman–Crippen LogP) is 10.9. The molecule has 4 N–H and O–H groups in total. The summed E-state index contributed by atoms with van der Waals surface area (Å²) in [6.07, 6.45) is 36.2. The molecule has 0 aromatic rings. The van der Waals surface area contributed by atoms with Crippen LogP contribution in [0.1, 0.15) is 194 Å². The number of ether oxygens (including phenoxy) is 3. The van der Waals surface area contributed by atoms with Gasteiger partial charge in [-0.1, -0.05) is 141 Å². The average Bonchev–Trinajstić information content (AvgIpc) is 3.96. The Kier molecular flexibility index (Phi) is 34.9. The molecule has 0 aliphatic carbocycles. The summed E-state index contributed by atoms with van der Waals surface area (Å²) in [6.45, 7) is 1.72. The van der Waals surface area contributed by atoms with Crippen LogP contribution in [0.4, 0.5) is 0 Å². The molecule has 0 amide bonds. The summed E-state index contributed by atoms with van der Waals surface area (Å²) in [4.78, 5) is 52.8. The Morgan fingerprint density at radius 3 is 1.60 bits per heavy atom. The highest BCUT2D eigenvalue weighted by molar-refractivity contribution is 7.47. The SMILES string of the molecule is CCCCCCCC/C=C\CCCCCCCCCC(=O)OC[C@H](COP(=O)(O)OC[C@@H](O)COP(=O)(O)O)OC(=O)CCCCCCC/C=C\CC1OC1CCCCC. The van der Waals surface area contributed by atoms with Gasteiger partial charge in [0.25, 0.3) is 0 Å². The molecule has 1 heterocycles. The number of aliphatic hydroxyl groups is 1. The topological polar surface area (TPSA) is 208 Å². The minimum Gasteiger partial charge on any atom is -0.462 e. The highest BCUT2D eigenvalue weighted by Gasteiger charge is 2.36. The fraction of sp³-hybridized carbons (Fsp3) is 0.864. The highest BCUT2D eigenvalue weighted by Crippen LogP contribution is 2.44. The summed E-state index contributed by atoms with van der Waals surface area (Å²) in [6, 6.07) is 0. The van der Waals surface area contributed by atoms with E-state index in [1.54, 1.807) is 0 Å². The Morgan fingerprint density at radius 2 is 1.03 bits per heavy atom. The molecule has 16 heteroatoms. The lowest BCUT2D eigenvalue weighted by Crippen LogP contribution is -2.30. The molecule has 0 aromatic carbocycles. The number of aliphatic hydroxyl groups excluding tert-OH is 1. The van der Waals surface area contributed by atoms with Crippen LogP contribution in [0, 0.1) is 0 Å². The molecule has 14 nitrogen and oxygen atoms in total. The largest absolute Gasteiger partial charge is 0.472 e. The van der Waals surface area contributed by atoms with Gasteiger partial charge >= 0.3 is 27.6 Å². The molecule has 0 spiro atoms. The summed E-state index contributed by atoms with van der Waals surface area (Å²) >= 11 is 0. The van der Waals surface area contributed by atoms with E-state index in [-0.39, 0.29) is 12.8 Å². The number of hydrogen-bond donors (Lipinski definition) is 4. The van der Waals surface area contributed by atoms with Crippen molar-refractivity contribution in [2.75, 3.05) is 26.4 Å². The van der Waals surface area contributed by atoms with Gasteiger partial charge in [-0.25, -0.2) is 9.13 Å². The zero-order chi connectivity index (χ0) is 44.2. The molecule has 1 aliphatic heterocycles. The van der Waals surface area contributed by atoms with E-state index in [0.717, 1.165) is 77.0 Å². The smallest absolute Gasteiger partial charge is 0.462 e. The van der Waals surface area contributed by atoms with E-state index >= 15 is 0 Å². The van der Waals surface area contributed by atoms with Crippen molar-refractivity contribution in [3.05, 3.63) is 24.3 Å². The third-order valence-corrected chi connectivity index (χ3v) is 11.7. The molecular weight excluding hydrogens is 814 g/mol. The lowest BCUT2D eigenvalue weighted by atomic mass is 10.1. The number of unbranched alkanes of at least 4 members (excludes halogenated alkanes) is 20. The standard InChI is InChI=1S/C44H82O14P2/c1-3-5-7-8-9-10-11-12-13-14-15-16-17-18-22-25-29-33-43(46)53-37-40(38-56-60(51,52)55-36-39(45)35-54-59(48,49)50)57-44(47)34-30-26-23-20-19-21-24-28-32-42-41(58-42)31-27-6-4-2/h12-13,24,28,39-42,45H,3-11,14-23,25-27,29-38H2,1-2H3,(H,51,52)(H2,48,49,50)/b13-12-,28-24-/t39-,40+,41?,42?/m0/s1.